The van der Waals surface area contributed by atoms with Gasteiger partial charge >= 0.3 is 0 Å². The summed E-state index contributed by atoms with van der Waals surface area (Å²) in [6.45, 7) is 0.539. The number of aromatic nitrogens is 1. The maximum Gasteiger partial charge on any atom is 0.252 e. The summed E-state index contributed by atoms with van der Waals surface area (Å²) < 4.78 is 27.0. The lowest BCUT2D eigenvalue weighted by Crippen LogP contribution is -2.46. The predicted molar refractivity (Wildman–Crippen MR) is 85.2 cm³/mol. The van der Waals surface area contributed by atoms with Crippen LogP contribution in [0.4, 0.5) is 0 Å². The highest BCUT2D eigenvalue weighted by atomic mass is 32.2. The van der Waals surface area contributed by atoms with Crippen LogP contribution in [-0.4, -0.2) is 36.7 Å². The quantitative estimate of drug-likeness (QED) is 0.897. The number of piperidine rings is 1. The third-order valence-electron chi connectivity index (χ3n) is 3.80. The van der Waals surface area contributed by atoms with Crippen LogP contribution >= 0.6 is 22.7 Å². The van der Waals surface area contributed by atoms with Gasteiger partial charge < -0.3 is 5.73 Å². The minimum absolute atomic E-state index is 0.237. The monoisotopic (exact) mass is 357 g/mol. The van der Waals surface area contributed by atoms with Gasteiger partial charge in [-0.2, -0.15) is 4.31 Å². The van der Waals surface area contributed by atoms with E-state index in [4.69, 9.17) is 5.73 Å². The second-order valence-corrected chi connectivity index (χ2v) is 9.11. The van der Waals surface area contributed by atoms with Crippen molar-refractivity contribution in [2.45, 2.75) is 16.5 Å². The van der Waals surface area contributed by atoms with Crippen LogP contribution in [0.15, 0.2) is 33.3 Å². The van der Waals surface area contributed by atoms with Gasteiger partial charge in [0.2, 0.25) is 5.91 Å². The van der Waals surface area contributed by atoms with Gasteiger partial charge in [0.05, 0.1) is 5.01 Å². The van der Waals surface area contributed by atoms with E-state index in [1.807, 2.05) is 5.38 Å². The Morgan fingerprint density at radius 3 is 2.77 bits per heavy atom. The molecule has 1 saturated heterocycles. The number of carbonyl (C=O) groups excluding carboxylic acids is 1. The van der Waals surface area contributed by atoms with Gasteiger partial charge in [-0.15, -0.1) is 22.7 Å². The first kappa shape index (κ1) is 15.6. The lowest BCUT2D eigenvalue weighted by molar-refractivity contribution is -0.123. The molecule has 22 heavy (non-hydrogen) atoms. The average molecular weight is 357 g/mol. The number of primary amides is 1. The normalized spacial score (nSPS) is 23.5. The van der Waals surface area contributed by atoms with Crippen molar-refractivity contribution in [1.82, 2.24) is 9.29 Å². The zero-order chi connectivity index (χ0) is 15.7. The number of sulfonamides is 1. The highest BCUT2D eigenvalue weighted by Crippen LogP contribution is 2.36. The van der Waals surface area contributed by atoms with Gasteiger partial charge in [0.1, 0.15) is 4.21 Å². The summed E-state index contributed by atoms with van der Waals surface area (Å²) in [6.07, 6.45) is 2.08. The van der Waals surface area contributed by atoms with E-state index in [1.54, 1.807) is 23.7 Å². The van der Waals surface area contributed by atoms with E-state index in [9.17, 15) is 13.2 Å². The van der Waals surface area contributed by atoms with Crippen LogP contribution in [0.5, 0.6) is 0 Å². The Kier molecular flexibility index (Phi) is 4.31. The lowest BCUT2D eigenvalue weighted by atomic mass is 9.86. The molecule has 2 aromatic rings. The highest BCUT2D eigenvalue weighted by Gasteiger charge is 2.40. The van der Waals surface area contributed by atoms with Gasteiger partial charge in [0.15, 0.2) is 0 Å². The molecule has 0 aromatic carbocycles. The van der Waals surface area contributed by atoms with E-state index in [-0.39, 0.29) is 18.4 Å². The highest BCUT2D eigenvalue weighted by molar-refractivity contribution is 7.91. The smallest absolute Gasteiger partial charge is 0.252 e. The molecular weight excluding hydrogens is 342 g/mol. The topological polar surface area (TPSA) is 93.4 Å². The molecule has 6 nitrogen and oxygen atoms in total. The zero-order valence-electron chi connectivity index (χ0n) is 11.6. The van der Waals surface area contributed by atoms with E-state index in [1.165, 1.54) is 27.0 Å². The zero-order valence-corrected chi connectivity index (χ0v) is 14.0. The first-order valence-corrected chi connectivity index (χ1v) is 9.92. The summed E-state index contributed by atoms with van der Waals surface area (Å²) in [6, 6.07) is 3.31. The fourth-order valence-electron chi connectivity index (χ4n) is 2.69. The third kappa shape index (κ3) is 2.81. The van der Waals surface area contributed by atoms with Crippen LogP contribution in [0.25, 0.3) is 0 Å². The summed E-state index contributed by atoms with van der Waals surface area (Å²) in [5.74, 6) is -1.05. The molecule has 3 heterocycles. The molecule has 1 fully saturated rings. The predicted octanol–water partition coefficient (Wildman–Crippen LogP) is 1.48. The SMILES string of the molecule is NC(=O)C1CCN(S(=O)(=O)c2cccs2)CC1c1nccs1. The minimum atomic E-state index is -3.52. The molecule has 9 heteroatoms. The maximum atomic E-state index is 12.6. The largest absolute Gasteiger partial charge is 0.369 e. The molecule has 0 spiro atoms. The van der Waals surface area contributed by atoms with Crippen molar-refractivity contribution >= 4 is 38.6 Å². The summed E-state index contributed by atoms with van der Waals surface area (Å²) in [4.78, 5) is 15.9. The van der Waals surface area contributed by atoms with E-state index in [2.05, 4.69) is 4.98 Å². The molecule has 118 valence electrons. The maximum absolute atomic E-state index is 12.6. The number of rotatable bonds is 4. The van der Waals surface area contributed by atoms with E-state index in [0.717, 1.165) is 5.01 Å². The van der Waals surface area contributed by atoms with Crippen LogP contribution in [0.2, 0.25) is 0 Å². The number of carbonyl (C=O) groups is 1. The number of hydrogen-bond acceptors (Lipinski definition) is 6. The Morgan fingerprint density at radius 1 is 1.36 bits per heavy atom. The fourth-order valence-corrected chi connectivity index (χ4v) is 6.11. The average Bonchev–Trinajstić information content (AvgIpc) is 3.19. The Morgan fingerprint density at radius 2 is 2.18 bits per heavy atom. The minimum Gasteiger partial charge on any atom is -0.369 e. The molecule has 0 aliphatic carbocycles. The molecule has 1 aliphatic heterocycles. The first-order chi connectivity index (χ1) is 10.5. The summed E-state index contributed by atoms with van der Waals surface area (Å²) in [7, 11) is -3.52. The molecule has 2 aromatic heterocycles. The van der Waals surface area contributed by atoms with Crippen LogP contribution in [0, 0.1) is 5.92 Å². The molecule has 1 amide bonds. The third-order valence-corrected chi connectivity index (χ3v) is 7.94. The molecule has 0 radical (unpaired) electrons. The van der Waals surface area contributed by atoms with Crippen molar-refractivity contribution in [2.75, 3.05) is 13.1 Å². The molecule has 0 bridgehead atoms. The van der Waals surface area contributed by atoms with Crippen molar-refractivity contribution in [1.29, 1.82) is 0 Å². The number of thiazole rings is 1. The van der Waals surface area contributed by atoms with Crippen molar-refractivity contribution in [3.8, 4) is 0 Å². The van der Waals surface area contributed by atoms with Crippen LogP contribution in [0.1, 0.15) is 17.3 Å². The van der Waals surface area contributed by atoms with Crippen molar-refractivity contribution in [3.63, 3.8) is 0 Å². The fraction of sp³-hybridized carbons (Fsp3) is 0.385. The number of hydrogen-bond donors (Lipinski definition) is 1. The van der Waals surface area contributed by atoms with Crippen LogP contribution < -0.4 is 5.73 Å². The second kappa shape index (κ2) is 6.07. The standard InChI is InChI=1S/C13H15N3O3S3/c14-12(17)9-3-5-16(8-10(9)13-15-4-7-21-13)22(18,19)11-2-1-6-20-11/h1-2,4,6-7,9-10H,3,5,8H2,(H2,14,17). The van der Waals surface area contributed by atoms with Crippen LogP contribution in [0.3, 0.4) is 0 Å². The van der Waals surface area contributed by atoms with E-state index < -0.39 is 15.9 Å². The molecule has 2 N–H and O–H groups in total. The van der Waals surface area contributed by atoms with Gasteiger partial charge in [-0.1, -0.05) is 6.07 Å². The van der Waals surface area contributed by atoms with Crippen molar-refractivity contribution in [2.24, 2.45) is 11.7 Å². The summed E-state index contributed by atoms with van der Waals surface area (Å²) in [5.41, 5.74) is 5.48. The molecule has 0 saturated carbocycles. The van der Waals surface area contributed by atoms with Crippen molar-refractivity contribution in [3.05, 3.63) is 34.1 Å². The van der Waals surface area contributed by atoms with E-state index >= 15 is 0 Å². The van der Waals surface area contributed by atoms with Gasteiger partial charge in [-0.25, -0.2) is 13.4 Å². The first-order valence-electron chi connectivity index (χ1n) is 6.72. The van der Waals surface area contributed by atoms with Crippen LogP contribution in [-0.2, 0) is 14.8 Å². The number of thiophene rings is 1. The molecule has 3 rings (SSSR count). The Labute approximate surface area is 136 Å². The summed E-state index contributed by atoms with van der Waals surface area (Å²) in [5, 5.41) is 4.32. The summed E-state index contributed by atoms with van der Waals surface area (Å²) >= 11 is 2.62. The molecule has 2 atom stereocenters. The number of nitrogens with two attached hydrogens (primary N) is 1. The Hall–Kier alpha value is -1.29. The van der Waals surface area contributed by atoms with E-state index in [0.29, 0.717) is 17.2 Å². The molecular formula is C13H15N3O3S3. The molecule has 1 aliphatic rings. The lowest BCUT2D eigenvalue weighted by Gasteiger charge is -2.35. The van der Waals surface area contributed by atoms with Gasteiger partial charge in [0, 0.05) is 36.5 Å². The Balaban J connectivity index is 1.90. The van der Waals surface area contributed by atoms with Gasteiger partial charge in [-0.05, 0) is 17.9 Å². The second-order valence-electron chi connectivity index (χ2n) is 5.07. The van der Waals surface area contributed by atoms with Gasteiger partial charge in [-0.3, -0.25) is 4.79 Å². The van der Waals surface area contributed by atoms with Gasteiger partial charge in [0.25, 0.3) is 10.0 Å². The number of amides is 1. The molecule has 2 unspecified atom stereocenters. The Bertz CT molecular complexity index is 741. The number of nitrogens with zero attached hydrogens (tertiary/aromatic N) is 2. The van der Waals surface area contributed by atoms with Crippen molar-refractivity contribution < 1.29 is 13.2 Å².